The number of halogens is 5. The summed E-state index contributed by atoms with van der Waals surface area (Å²) in [5.74, 6) is 0. The Morgan fingerprint density at radius 3 is 2.24 bits per heavy atom. The molecule has 0 saturated heterocycles. The van der Waals surface area contributed by atoms with Crippen LogP contribution in [0.15, 0.2) is 6.07 Å². The van der Waals surface area contributed by atoms with Crippen molar-refractivity contribution in [2.24, 2.45) is 5.73 Å². The van der Waals surface area contributed by atoms with Gasteiger partial charge in [0.05, 0.1) is 6.61 Å². The van der Waals surface area contributed by atoms with E-state index in [1.54, 1.807) is 0 Å². The van der Waals surface area contributed by atoms with E-state index >= 15 is 0 Å². The van der Waals surface area contributed by atoms with E-state index in [1.807, 2.05) is 0 Å². The molecule has 0 radical (unpaired) electrons. The summed E-state index contributed by atoms with van der Waals surface area (Å²) in [5, 5.41) is 8.76. The molecule has 0 saturated carbocycles. The lowest BCUT2D eigenvalue weighted by Gasteiger charge is -2.14. The number of nitrogens with two attached hydrogens (primary N) is 1. The lowest BCUT2D eigenvalue weighted by molar-refractivity contribution is -0.142. The Labute approximate surface area is 93.1 Å². The monoisotopic (exact) mass is 256 g/mol. The van der Waals surface area contributed by atoms with Gasteiger partial charge < -0.3 is 10.8 Å². The molecule has 0 aliphatic rings. The van der Waals surface area contributed by atoms with Crippen molar-refractivity contribution in [3.63, 3.8) is 0 Å². The number of rotatable bonds is 3. The molecule has 1 aromatic rings. The van der Waals surface area contributed by atoms with Crippen LogP contribution in [0.3, 0.4) is 0 Å². The molecule has 0 atom stereocenters. The minimum atomic E-state index is -4.89. The number of hydrogen-bond donors (Lipinski definition) is 2. The minimum absolute atomic E-state index is 0.211. The standard InChI is InChI=1S/C9H9F5N2O/c10-8(11)6-4(2-15)1-5(3-17)7(16-6)9(12,13)14/h1,8,17H,2-3,15H2. The molecule has 1 heterocycles. The second-order valence-electron chi connectivity index (χ2n) is 3.20. The highest BCUT2D eigenvalue weighted by atomic mass is 19.4. The predicted molar refractivity (Wildman–Crippen MR) is 48.0 cm³/mol. The quantitative estimate of drug-likeness (QED) is 0.813. The van der Waals surface area contributed by atoms with Crippen molar-refractivity contribution in [1.82, 2.24) is 4.98 Å². The fraction of sp³-hybridized carbons (Fsp3) is 0.444. The lowest BCUT2D eigenvalue weighted by Crippen LogP contribution is -2.16. The van der Waals surface area contributed by atoms with E-state index in [2.05, 4.69) is 4.98 Å². The summed E-state index contributed by atoms with van der Waals surface area (Å²) in [7, 11) is 0. The molecule has 0 amide bonds. The zero-order chi connectivity index (χ0) is 13.2. The van der Waals surface area contributed by atoms with Gasteiger partial charge in [-0.05, 0) is 11.6 Å². The van der Waals surface area contributed by atoms with Crippen molar-refractivity contribution >= 4 is 0 Å². The number of aromatic nitrogens is 1. The number of alkyl halides is 5. The van der Waals surface area contributed by atoms with Crippen LogP contribution < -0.4 is 5.73 Å². The van der Waals surface area contributed by atoms with E-state index in [-0.39, 0.29) is 12.1 Å². The molecule has 3 N–H and O–H groups in total. The Hall–Kier alpha value is -1.28. The Morgan fingerprint density at radius 1 is 1.29 bits per heavy atom. The fourth-order valence-electron chi connectivity index (χ4n) is 1.34. The number of aliphatic hydroxyl groups excluding tert-OH is 1. The molecule has 0 aliphatic carbocycles. The summed E-state index contributed by atoms with van der Waals surface area (Å²) in [4.78, 5) is 2.87. The summed E-state index contributed by atoms with van der Waals surface area (Å²) < 4.78 is 62.3. The van der Waals surface area contributed by atoms with E-state index in [0.29, 0.717) is 0 Å². The van der Waals surface area contributed by atoms with E-state index in [4.69, 9.17) is 10.8 Å². The maximum Gasteiger partial charge on any atom is 0.433 e. The molecule has 3 nitrogen and oxygen atoms in total. The Balaban J connectivity index is 3.45. The maximum atomic E-state index is 12.5. The van der Waals surface area contributed by atoms with Gasteiger partial charge in [-0.25, -0.2) is 13.8 Å². The summed E-state index contributed by atoms with van der Waals surface area (Å²) in [5.41, 5.74) is 1.85. The van der Waals surface area contributed by atoms with Gasteiger partial charge >= 0.3 is 6.18 Å². The molecule has 0 unspecified atom stereocenters. The van der Waals surface area contributed by atoms with Crippen molar-refractivity contribution < 1.29 is 27.1 Å². The number of hydrogen-bond acceptors (Lipinski definition) is 3. The third-order valence-corrected chi connectivity index (χ3v) is 2.08. The molecule has 0 aliphatic heterocycles. The van der Waals surface area contributed by atoms with Crippen molar-refractivity contribution in [2.75, 3.05) is 0 Å². The first-order valence-electron chi connectivity index (χ1n) is 4.50. The second kappa shape index (κ2) is 4.92. The predicted octanol–water partition coefficient (Wildman–Crippen LogP) is 1.99. The third kappa shape index (κ3) is 2.89. The lowest BCUT2D eigenvalue weighted by atomic mass is 10.1. The SMILES string of the molecule is NCc1cc(CO)c(C(F)(F)F)nc1C(F)F. The molecule has 17 heavy (non-hydrogen) atoms. The smallest absolute Gasteiger partial charge is 0.392 e. The van der Waals surface area contributed by atoms with Crippen LogP contribution in [0.25, 0.3) is 0 Å². The Morgan fingerprint density at radius 2 is 1.88 bits per heavy atom. The van der Waals surface area contributed by atoms with Crippen molar-refractivity contribution in [1.29, 1.82) is 0 Å². The molecule has 0 aromatic carbocycles. The molecular weight excluding hydrogens is 247 g/mol. The number of nitrogens with zero attached hydrogens (tertiary/aromatic N) is 1. The van der Waals surface area contributed by atoms with E-state index < -0.39 is 36.2 Å². The van der Waals surface area contributed by atoms with Gasteiger partial charge in [-0.15, -0.1) is 0 Å². The summed E-state index contributed by atoms with van der Waals surface area (Å²) >= 11 is 0. The van der Waals surface area contributed by atoms with Gasteiger partial charge in [-0.1, -0.05) is 0 Å². The zero-order valence-electron chi connectivity index (χ0n) is 8.43. The van der Waals surface area contributed by atoms with Crippen LogP contribution in [0.4, 0.5) is 22.0 Å². The third-order valence-electron chi connectivity index (χ3n) is 2.08. The normalized spacial score (nSPS) is 12.2. The fourth-order valence-corrected chi connectivity index (χ4v) is 1.34. The largest absolute Gasteiger partial charge is 0.433 e. The molecule has 1 rings (SSSR count). The van der Waals surface area contributed by atoms with Crippen LogP contribution in [-0.2, 0) is 19.3 Å². The molecule has 1 aromatic heterocycles. The van der Waals surface area contributed by atoms with Crippen molar-refractivity contribution in [3.8, 4) is 0 Å². The Bertz CT molecular complexity index is 405. The van der Waals surface area contributed by atoms with E-state index in [1.165, 1.54) is 0 Å². The number of aliphatic hydroxyl groups is 1. The van der Waals surface area contributed by atoms with Gasteiger partial charge in [0.1, 0.15) is 11.4 Å². The Kier molecular flexibility index (Phi) is 3.99. The van der Waals surface area contributed by atoms with Crippen LogP contribution >= 0.6 is 0 Å². The molecule has 0 bridgehead atoms. The van der Waals surface area contributed by atoms with Crippen LogP contribution in [0.1, 0.15) is 28.9 Å². The maximum absolute atomic E-state index is 12.5. The van der Waals surface area contributed by atoms with Gasteiger partial charge in [0.2, 0.25) is 0 Å². The van der Waals surface area contributed by atoms with Crippen LogP contribution in [-0.4, -0.2) is 10.1 Å². The summed E-state index contributed by atoms with van der Waals surface area (Å²) in [6.07, 6.45) is -8.04. The minimum Gasteiger partial charge on any atom is -0.392 e. The van der Waals surface area contributed by atoms with E-state index in [0.717, 1.165) is 6.07 Å². The number of pyridine rings is 1. The van der Waals surface area contributed by atoms with Gasteiger partial charge in [0.25, 0.3) is 6.43 Å². The summed E-state index contributed by atoms with van der Waals surface area (Å²) in [6, 6.07) is 0.803. The van der Waals surface area contributed by atoms with Crippen molar-refractivity contribution in [3.05, 3.63) is 28.6 Å². The van der Waals surface area contributed by atoms with Gasteiger partial charge in [0, 0.05) is 12.1 Å². The zero-order valence-corrected chi connectivity index (χ0v) is 8.43. The van der Waals surface area contributed by atoms with Gasteiger partial charge in [0.15, 0.2) is 0 Å². The average molecular weight is 256 g/mol. The summed E-state index contributed by atoms with van der Waals surface area (Å²) in [6.45, 7) is -1.32. The van der Waals surface area contributed by atoms with Crippen LogP contribution in [0, 0.1) is 0 Å². The van der Waals surface area contributed by atoms with Gasteiger partial charge in [-0.3, -0.25) is 0 Å². The first-order chi connectivity index (χ1) is 7.81. The molecular formula is C9H9F5N2O. The van der Waals surface area contributed by atoms with E-state index in [9.17, 15) is 22.0 Å². The van der Waals surface area contributed by atoms with Crippen molar-refractivity contribution in [2.45, 2.75) is 25.8 Å². The highest BCUT2D eigenvalue weighted by Crippen LogP contribution is 2.33. The molecule has 0 spiro atoms. The average Bonchev–Trinajstić information content (AvgIpc) is 2.25. The topological polar surface area (TPSA) is 59.1 Å². The molecule has 0 fully saturated rings. The highest BCUT2D eigenvalue weighted by molar-refractivity contribution is 5.32. The molecule has 8 heteroatoms. The first-order valence-corrected chi connectivity index (χ1v) is 4.50. The molecule has 96 valence electrons. The van der Waals surface area contributed by atoms with Gasteiger partial charge in [-0.2, -0.15) is 13.2 Å². The first kappa shape index (κ1) is 13.8. The highest BCUT2D eigenvalue weighted by Gasteiger charge is 2.36. The second-order valence-corrected chi connectivity index (χ2v) is 3.20. The van der Waals surface area contributed by atoms with Crippen LogP contribution in [0.5, 0.6) is 0 Å². The van der Waals surface area contributed by atoms with Crippen LogP contribution in [0.2, 0.25) is 0 Å².